The van der Waals surface area contributed by atoms with Gasteiger partial charge < -0.3 is 4.42 Å². The quantitative estimate of drug-likeness (QED) is 0.581. The molecule has 0 unspecified atom stereocenters. The van der Waals surface area contributed by atoms with E-state index in [4.69, 9.17) is 16.0 Å². The minimum atomic E-state index is 0.436. The molecule has 1 aliphatic heterocycles. The summed E-state index contributed by atoms with van der Waals surface area (Å²) in [6, 6.07) is 15.9. The topological polar surface area (TPSA) is 13.1 Å². The van der Waals surface area contributed by atoms with Crippen LogP contribution in [-0.4, -0.2) is 0 Å². The number of rotatable bonds is 1. The first-order valence-electron chi connectivity index (χ1n) is 5.18. The van der Waals surface area contributed by atoms with Gasteiger partial charge in [0.1, 0.15) is 5.76 Å². The lowest BCUT2D eigenvalue weighted by Crippen LogP contribution is -1.82. The van der Waals surface area contributed by atoms with Crippen LogP contribution in [0.1, 0.15) is 0 Å². The molecule has 84 valence electrons. The summed E-state index contributed by atoms with van der Waals surface area (Å²) in [5.41, 5.74) is 3.06. The first-order chi connectivity index (χ1) is 8.24. The summed E-state index contributed by atoms with van der Waals surface area (Å²) in [4.78, 5) is 0. The zero-order valence-corrected chi connectivity index (χ0v) is 11.1. The summed E-state index contributed by atoms with van der Waals surface area (Å²) in [5.74, 6) is 0.779. The Morgan fingerprint density at radius 3 is 2.47 bits per heavy atom. The lowest BCUT2D eigenvalue weighted by Gasteiger charge is -2.06. The second kappa shape index (κ2) is 4.21. The Morgan fingerprint density at radius 1 is 0.941 bits per heavy atom. The smallest absolute Gasteiger partial charge is 0.201 e. The molecule has 1 heterocycles. The highest BCUT2D eigenvalue weighted by Crippen LogP contribution is 2.36. The first kappa shape index (κ1) is 10.9. The average molecular weight is 308 g/mol. The second-order valence-corrected chi connectivity index (χ2v) is 5.05. The fourth-order valence-corrected chi connectivity index (χ4v) is 2.34. The van der Waals surface area contributed by atoms with Crippen molar-refractivity contribution in [2.24, 2.45) is 0 Å². The summed E-state index contributed by atoms with van der Waals surface area (Å²) in [6.07, 6.45) is 0. The van der Waals surface area contributed by atoms with Crippen molar-refractivity contribution in [3.8, 4) is 22.5 Å². The van der Waals surface area contributed by atoms with Crippen molar-refractivity contribution in [1.82, 2.24) is 0 Å². The molecular formula is C14H8BrClO. The molecule has 3 heteroatoms. The van der Waals surface area contributed by atoms with Gasteiger partial charge in [-0.2, -0.15) is 0 Å². The minimum Gasteiger partial charge on any atom is -0.444 e. The van der Waals surface area contributed by atoms with Gasteiger partial charge in [0.25, 0.3) is 0 Å². The number of hydrogen-bond donors (Lipinski definition) is 0. The molecule has 17 heavy (non-hydrogen) atoms. The number of fused-ring (bicyclic) bond motifs is 1. The number of benzene rings is 1. The molecule has 0 saturated heterocycles. The van der Waals surface area contributed by atoms with Gasteiger partial charge in [-0.25, -0.2) is 0 Å². The molecule has 0 radical (unpaired) electrons. The standard InChI is InChI=1S/C14H8BrClO/c15-11-6-4-9(5-7-11)13-8-10-2-1-3-12(10)14(16)17-13/h1-8H. The van der Waals surface area contributed by atoms with Gasteiger partial charge in [-0.05, 0) is 41.4 Å². The predicted molar refractivity (Wildman–Crippen MR) is 73.5 cm³/mol. The summed E-state index contributed by atoms with van der Waals surface area (Å²) in [5, 5.41) is 0.436. The number of halogens is 2. The van der Waals surface area contributed by atoms with Crippen molar-refractivity contribution in [2.45, 2.75) is 0 Å². The molecule has 0 saturated carbocycles. The van der Waals surface area contributed by atoms with Gasteiger partial charge in [-0.15, -0.1) is 0 Å². The van der Waals surface area contributed by atoms with Gasteiger partial charge in [0.2, 0.25) is 5.22 Å². The average Bonchev–Trinajstić information content (AvgIpc) is 2.78. The maximum Gasteiger partial charge on any atom is 0.201 e. The van der Waals surface area contributed by atoms with Crippen LogP contribution in [0.4, 0.5) is 0 Å². The molecule has 0 aromatic heterocycles. The highest BCUT2D eigenvalue weighted by molar-refractivity contribution is 9.10. The molecule has 2 aliphatic rings. The van der Waals surface area contributed by atoms with Crippen molar-refractivity contribution in [3.05, 3.63) is 58.2 Å². The molecule has 0 amide bonds. The maximum absolute atomic E-state index is 6.11. The van der Waals surface area contributed by atoms with E-state index < -0.39 is 0 Å². The van der Waals surface area contributed by atoms with Crippen LogP contribution in [0.15, 0.2) is 57.4 Å². The Hall–Kier alpha value is -1.25. The lowest BCUT2D eigenvalue weighted by atomic mass is 10.1. The van der Waals surface area contributed by atoms with E-state index in [0.29, 0.717) is 5.22 Å². The molecule has 0 fully saturated rings. The van der Waals surface area contributed by atoms with Crippen LogP contribution in [0.2, 0.25) is 5.22 Å². The molecule has 3 rings (SSSR count). The lowest BCUT2D eigenvalue weighted by molar-refractivity contribution is 0.570. The Kier molecular flexibility index (Phi) is 2.69. The summed E-state index contributed by atoms with van der Waals surface area (Å²) < 4.78 is 6.67. The van der Waals surface area contributed by atoms with Gasteiger partial charge >= 0.3 is 0 Å². The van der Waals surface area contributed by atoms with E-state index >= 15 is 0 Å². The van der Waals surface area contributed by atoms with E-state index in [-0.39, 0.29) is 0 Å². The van der Waals surface area contributed by atoms with E-state index in [1.807, 2.05) is 48.5 Å². The third-order valence-corrected chi connectivity index (χ3v) is 3.49. The maximum atomic E-state index is 6.11. The molecule has 1 nitrogen and oxygen atoms in total. The van der Waals surface area contributed by atoms with E-state index in [1.54, 1.807) is 0 Å². The Labute approximate surface area is 112 Å². The largest absolute Gasteiger partial charge is 0.444 e. The van der Waals surface area contributed by atoms with Gasteiger partial charge in [0, 0.05) is 15.6 Å². The molecule has 0 N–H and O–H groups in total. The fourth-order valence-electron chi connectivity index (χ4n) is 1.82. The van der Waals surface area contributed by atoms with Crippen LogP contribution < -0.4 is 0 Å². The van der Waals surface area contributed by atoms with Crippen molar-refractivity contribution >= 4 is 27.5 Å². The Balaban J connectivity index is 2.18. The monoisotopic (exact) mass is 306 g/mol. The van der Waals surface area contributed by atoms with Gasteiger partial charge in [-0.1, -0.05) is 40.2 Å². The molecule has 0 atom stereocenters. The van der Waals surface area contributed by atoms with Crippen LogP contribution in [-0.2, 0) is 0 Å². The molecule has 0 spiro atoms. The zero-order valence-electron chi connectivity index (χ0n) is 8.78. The van der Waals surface area contributed by atoms with Crippen molar-refractivity contribution in [3.63, 3.8) is 0 Å². The second-order valence-electron chi connectivity index (χ2n) is 3.79. The third-order valence-electron chi connectivity index (χ3n) is 2.68. The minimum absolute atomic E-state index is 0.436. The van der Waals surface area contributed by atoms with Crippen LogP contribution >= 0.6 is 27.5 Å². The molecule has 1 aliphatic carbocycles. The first-order valence-corrected chi connectivity index (χ1v) is 6.35. The summed E-state index contributed by atoms with van der Waals surface area (Å²) in [7, 11) is 0. The van der Waals surface area contributed by atoms with Crippen molar-refractivity contribution in [2.75, 3.05) is 0 Å². The van der Waals surface area contributed by atoms with E-state index in [0.717, 1.165) is 26.9 Å². The number of hydrogen-bond acceptors (Lipinski definition) is 1. The van der Waals surface area contributed by atoms with Crippen LogP contribution in [0, 0.1) is 0 Å². The van der Waals surface area contributed by atoms with Crippen LogP contribution in [0.5, 0.6) is 0 Å². The summed E-state index contributed by atoms with van der Waals surface area (Å²) in [6.45, 7) is 0. The Morgan fingerprint density at radius 2 is 1.71 bits per heavy atom. The molecule has 1 aromatic carbocycles. The third kappa shape index (κ3) is 1.99. The van der Waals surface area contributed by atoms with E-state index in [9.17, 15) is 0 Å². The Bertz CT molecular complexity index is 627. The van der Waals surface area contributed by atoms with Gasteiger partial charge in [0.05, 0.1) is 0 Å². The van der Waals surface area contributed by atoms with Crippen molar-refractivity contribution < 1.29 is 4.42 Å². The van der Waals surface area contributed by atoms with E-state index in [2.05, 4.69) is 15.9 Å². The summed E-state index contributed by atoms with van der Waals surface area (Å²) >= 11 is 9.52. The zero-order chi connectivity index (χ0) is 11.8. The molecular weight excluding hydrogens is 300 g/mol. The normalized spacial score (nSPS) is 10.9. The van der Waals surface area contributed by atoms with Gasteiger partial charge in [-0.3, -0.25) is 0 Å². The van der Waals surface area contributed by atoms with Crippen molar-refractivity contribution in [1.29, 1.82) is 0 Å². The van der Waals surface area contributed by atoms with Crippen LogP contribution in [0.25, 0.3) is 22.5 Å². The van der Waals surface area contributed by atoms with E-state index in [1.165, 1.54) is 0 Å². The SMILES string of the molecule is Clc1oc(-c2ccc(Br)cc2)cc2cccc1-2. The molecule has 0 bridgehead atoms. The highest BCUT2D eigenvalue weighted by atomic mass is 79.9. The molecule has 1 aromatic rings. The fraction of sp³-hybridized carbons (Fsp3) is 0. The predicted octanol–water partition coefficient (Wildman–Crippen LogP) is 5.47. The highest BCUT2D eigenvalue weighted by Gasteiger charge is 2.12. The van der Waals surface area contributed by atoms with Gasteiger partial charge in [0.15, 0.2) is 0 Å². The van der Waals surface area contributed by atoms with Crippen LogP contribution in [0.3, 0.4) is 0 Å².